The topological polar surface area (TPSA) is 29.5 Å². The first-order valence-corrected chi connectivity index (χ1v) is 7.44. The SMILES string of the molecule is CCCCC(O)CC=CI.[SiH3]O[SiH3]. The van der Waals surface area contributed by atoms with Crippen molar-refractivity contribution in [3.63, 3.8) is 0 Å². The van der Waals surface area contributed by atoms with E-state index in [9.17, 15) is 5.11 Å². The van der Waals surface area contributed by atoms with Gasteiger partial charge in [-0.1, -0.05) is 48.4 Å². The van der Waals surface area contributed by atoms with E-state index in [1.54, 1.807) is 0 Å². The second-order valence-corrected chi connectivity index (χ2v) is 6.79. The summed E-state index contributed by atoms with van der Waals surface area (Å²) in [5.74, 6) is 0. The van der Waals surface area contributed by atoms with Gasteiger partial charge in [0.1, 0.15) is 21.0 Å². The molecule has 0 aliphatic rings. The Morgan fingerprint density at radius 3 is 2.46 bits per heavy atom. The summed E-state index contributed by atoms with van der Waals surface area (Å²) in [6.45, 7) is 2.14. The highest BCUT2D eigenvalue weighted by atomic mass is 127. The Hall–Kier alpha value is 0.824. The summed E-state index contributed by atoms with van der Waals surface area (Å²) >= 11 is 2.17. The van der Waals surface area contributed by atoms with Gasteiger partial charge in [0.05, 0.1) is 6.10 Å². The lowest BCUT2D eigenvalue weighted by Crippen LogP contribution is -2.03. The fourth-order valence-corrected chi connectivity index (χ4v) is 1.06. The van der Waals surface area contributed by atoms with Crippen LogP contribution in [0.4, 0.5) is 0 Å². The van der Waals surface area contributed by atoms with Gasteiger partial charge < -0.3 is 9.22 Å². The molecule has 0 aromatic heterocycles. The van der Waals surface area contributed by atoms with Crippen LogP contribution in [0.2, 0.25) is 0 Å². The van der Waals surface area contributed by atoms with Crippen molar-refractivity contribution in [1.29, 1.82) is 0 Å². The zero-order chi connectivity index (χ0) is 10.5. The van der Waals surface area contributed by atoms with Crippen molar-refractivity contribution in [3.05, 3.63) is 10.2 Å². The highest BCUT2D eigenvalue weighted by Crippen LogP contribution is 2.05. The van der Waals surface area contributed by atoms with E-state index >= 15 is 0 Å². The summed E-state index contributed by atoms with van der Waals surface area (Å²) in [7, 11) is 1.86. The fourth-order valence-electron chi connectivity index (χ4n) is 0.766. The standard InChI is InChI=1S/C8H15IO.H6OSi2/c1-2-3-5-8(10)6-4-7-9;2-1-3/h4,7-8,10H,2-3,5-6H2,1H3;2-3H3. The number of hydrogen-bond acceptors (Lipinski definition) is 2. The lowest BCUT2D eigenvalue weighted by molar-refractivity contribution is 0.164. The minimum absolute atomic E-state index is 0.119. The largest absolute Gasteiger partial charge is 0.471 e. The summed E-state index contributed by atoms with van der Waals surface area (Å²) in [6.07, 6.45) is 5.94. The number of hydrogen-bond donors (Lipinski definition) is 1. The molecule has 1 atom stereocenters. The molecule has 0 saturated carbocycles. The zero-order valence-corrected chi connectivity index (χ0v) is 15.0. The average molecular weight is 332 g/mol. The number of aliphatic hydroxyl groups is 1. The van der Waals surface area contributed by atoms with Gasteiger partial charge in [-0.15, -0.1) is 0 Å². The Morgan fingerprint density at radius 1 is 1.54 bits per heavy atom. The maximum atomic E-state index is 9.26. The molecule has 0 amide bonds. The molecule has 0 radical (unpaired) electrons. The van der Waals surface area contributed by atoms with Crippen LogP contribution < -0.4 is 0 Å². The minimum Gasteiger partial charge on any atom is -0.471 e. The molecule has 80 valence electrons. The van der Waals surface area contributed by atoms with E-state index in [4.69, 9.17) is 0 Å². The third kappa shape index (κ3) is 19.3. The van der Waals surface area contributed by atoms with Gasteiger partial charge in [-0.2, -0.15) is 0 Å². The molecule has 5 heteroatoms. The van der Waals surface area contributed by atoms with E-state index in [1.165, 1.54) is 6.42 Å². The van der Waals surface area contributed by atoms with Crippen LogP contribution in [0.25, 0.3) is 0 Å². The monoisotopic (exact) mass is 332 g/mol. The summed E-state index contributed by atoms with van der Waals surface area (Å²) in [5, 5.41) is 9.26. The molecular weight excluding hydrogens is 311 g/mol. The lowest BCUT2D eigenvalue weighted by Gasteiger charge is -2.04. The third-order valence-electron chi connectivity index (χ3n) is 1.39. The van der Waals surface area contributed by atoms with Gasteiger partial charge in [-0.3, -0.25) is 0 Å². The highest BCUT2D eigenvalue weighted by molar-refractivity contribution is 14.1. The van der Waals surface area contributed by atoms with E-state index in [-0.39, 0.29) is 6.10 Å². The minimum atomic E-state index is -0.119. The van der Waals surface area contributed by atoms with Crippen LogP contribution >= 0.6 is 22.6 Å². The number of rotatable bonds is 5. The summed E-state index contributed by atoms with van der Waals surface area (Å²) in [5.41, 5.74) is 0. The van der Waals surface area contributed by atoms with Crippen molar-refractivity contribution >= 4 is 43.6 Å². The molecule has 2 nitrogen and oxygen atoms in total. The first-order valence-electron chi connectivity index (χ1n) is 4.56. The van der Waals surface area contributed by atoms with E-state index in [0.29, 0.717) is 0 Å². The summed E-state index contributed by atoms with van der Waals surface area (Å²) in [6, 6.07) is 0. The Balaban J connectivity index is 0. The zero-order valence-electron chi connectivity index (χ0n) is 8.79. The van der Waals surface area contributed by atoms with Crippen LogP contribution in [-0.4, -0.2) is 32.2 Å². The van der Waals surface area contributed by atoms with Crippen LogP contribution in [0.1, 0.15) is 32.6 Å². The Kier molecular flexibility index (Phi) is 19.1. The lowest BCUT2D eigenvalue weighted by atomic mass is 10.1. The Labute approximate surface area is 101 Å². The van der Waals surface area contributed by atoms with Gasteiger partial charge in [0, 0.05) is 0 Å². The normalized spacial score (nSPS) is 12.8. The van der Waals surface area contributed by atoms with Gasteiger partial charge >= 0.3 is 0 Å². The molecule has 0 fully saturated rings. The molecular formula is C8H21IO2Si2. The second-order valence-electron chi connectivity index (χ2n) is 2.80. The van der Waals surface area contributed by atoms with Gasteiger partial charge in [0.25, 0.3) is 0 Å². The van der Waals surface area contributed by atoms with Crippen molar-refractivity contribution in [1.82, 2.24) is 0 Å². The van der Waals surface area contributed by atoms with E-state index in [2.05, 4.69) is 33.6 Å². The predicted octanol–water partition coefficient (Wildman–Crippen LogP) is 0.440. The van der Waals surface area contributed by atoms with Gasteiger partial charge in [0.2, 0.25) is 0 Å². The van der Waals surface area contributed by atoms with Gasteiger partial charge in [0.15, 0.2) is 0 Å². The molecule has 0 aromatic carbocycles. The number of aliphatic hydroxyl groups excluding tert-OH is 1. The average Bonchev–Trinajstić information content (AvgIpc) is 2.12. The number of unbranched alkanes of at least 4 members (excludes halogenated alkanes) is 1. The summed E-state index contributed by atoms with van der Waals surface area (Å²) < 4.78 is 6.48. The molecule has 0 saturated heterocycles. The first kappa shape index (κ1) is 16.3. The molecule has 1 unspecified atom stereocenters. The maximum Gasteiger partial charge on any atom is 0.129 e. The Bertz CT molecular complexity index is 112. The van der Waals surface area contributed by atoms with E-state index in [0.717, 1.165) is 40.2 Å². The molecule has 0 bridgehead atoms. The Morgan fingerprint density at radius 2 is 2.08 bits per heavy atom. The van der Waals surface area contributed by atoms with Crippen LogP contribution in [0.15, 0.2) is 10.2 Å². The predicted molar refractivity (Wildman–Crippen MR) is 74.3 cm³/mol. The van der Waals surface area contributed by atoms with Crippen molar-refractivity contribution in [2.45, 2.75) is 38.7 Å². The number of halogens is 1. The van der Waals surface area contributed by atoms with Crippen LogP contribution in [0.3, 0.4) is 0 Å². The highest BCUT2D eigenvalue weighted by Gasteiger charge is 1.98. The van der Waals surface area contributed by atoms with E-state index < -0.39 is 0 Å². The van der Waals surface area contributed by atoms with Crippen LogP contribution in [-0.2, 0) is 4.12 Å². The second kappa shape index (κ2) is 15.3. The van der Waals surface area contributed by atoms with E-state index in [1.807, 2.05) is 10.2 Å². The first-order chi connectivity index (χ1) is 6.22. The maximum absolute atomic E-state index is 9.26. The smallest absolute Gasteiger partial charge is 0.129 e. The van der Waals surface area contributed by atoms with Crippen molar-refractivity contribution in [3.8, 4) is 0 Å². The molecule has 13 heavy (non-hydrogen) atoms. The molecule has 0 aliphatic carbocycles. The van der Waals surface area contributed by atoms with Crippen molar-refractivity contribution in [2.24, 2.45) is 0 Å². The third-order valence-corrected chi connectivity index (χ3v) is 1.90. The molecule has 0 rings (SSSR count). The molecule has 0 spiro atoms. The molecule has 0 heterocycles. The quantitative estimate of drug-likeness (QED) is 0.585. The molecule has 0 aliphatic heterocycles. The van der Waals surface area contributed by atoms with Crippen molar-refractivity contribution < 1.29 is 9.22 Å². The fraction of sp³-hybridized carbons (Fsp3) is 0.750. The van der Waals surface area contributed by atoms with Crippen LogP contribution in [0, 0.1) is 0 Å². The molecule has 0 aromatic rings. The van der Waals surface area contributed by atoms with Gasteiger partial charge in [-0.05, 0) is 16.9 Å². The van der Waals surface area contributed by atoms with Crippen molar-refractivity contribution in [2.75, 3.05) is 0 Å². The molecule has 1 N–H and O–H groups in total. The summed E-state index contributed by atoms with van der Waals surface area (Å²) in [4.78, 5) is 0. The van der Waals surface area contributed by atoms with Gasteiger partial charge in [-0.25, -0.2) is 0 Å². The van der Waals surface area contributed by atoms with Crippen LogP contribution in [0.5, 0.6) is 0 Å².